The van der Waals surface area contributed by atoms with Crippen LogP contribution in [0.25, 0.3) is 0 Å². The monoisotopic (exact) mass is 282 g/mol. The second-order valence-electron chi connectivity index (χ2n) is 6.15. The van der Waals surface area contributed by atoms with E-state index in [9.17, 15) is 0 Å². The first-order valence-corrected chi connectivity index (χ1v) is 8.27. The topological polar surface area (TPSA) is 0 Å². The van der Waals surface area contributed by atoms with Crippen LogP contribution in [0.4, 0.5) is 0 Å². The van der Waals surface area contributed by atoms with Gasteiger partial charge in [0.2, 0.25) is 0 Å². The Morgan fingerprint density at radius 2 is 1.75 bits per heavy atom. The molecule has 0 amide bonds. The molecule has 20 heavy (non-hydrogen) atoms. The van der Waals surface area contributed by atoms with Crippen LogP contribution in [0.3, 0.4) is 0 Å². The molecule has 0 unspecified atom stereocenters. The highest BCUT2D eigenvalue weighted by Gasteiger charge is 2.49. The number of hydrogen-bond donors (Lipinski definition) is 0. The van der Waals surface area contributed by atoms with Gasteiger partial charge >= 0.3 is 0 Å². The number of thioether (sulfide) groups is 1. The van der Waals surface area contributed by atoms with E-state index in [4.69, 9.17) is 0 Å². The zero-order valence-corrected chi connectivity index (χ0v) is 13.1. The number of benzene rings is 2. The fourth-order valence-corrected chi connectivity index (χ4v) is 4.20. The lowest BCUT2D eigenvalue weighted by molar-refractivity contribution is 0.691. The summed E-state index contributed by atoms with van der Waals surface area (Å²) in [5.41, 5.74) is 2.82. The highest BCUT2D eigenvalue weighted by Crippen LogP contribution is 2.58. The van der Waals surface area contributed by atoms with Crippen molar-refractivity contribution in [2.75, 3.05) is 0 Å². The average molecular weight is 282 g/mol. The molecule has 104 valence electrons. The van der Waals surface area contributed by atoms with E-state index in [1.54, 1.807) is 0 Å². The Balaban J connectivity index is 1.53. The van der Waals surface area contributed by atoms with Crippen LogP contribution in [0.1, 0.15) is 30.9 Å². The molecule has 1 heteroatoms. The summed E-state index contributed by atoms with van der Waals surface area (Å²) >= 11 is 2.06. The van der Waals surface area contributed by atoms with Crippen molar-refractivity contribution in [1.29, 1.82) is 0 Å². The molecule has 0 spiro atoms. The van der Waals surface area contributed by atoms with Crippen LogP contribution < -0.4 is 0 Å². The Morgan fingerprint density at radius 1 is 1.05 bits per heavy atom. The van der Waals surface area contributed by atoms with Crippen LogP contribution in [-0.4, -0.2) is 4.75 Å². The van der Waals surface area contributed by atoms with E-state index in [0.29, 0.717) is 4.75 Å². The summed E-state index contributed by atoms with van der Waals surface area (Å²) < 4.78 is 0.462. The van der Waals surface area contributed by atoms with Crippen molar-refractivity contribution in [3.8, 4) is 0 Å². The maximum Gasteiger partial charge on any atom is 0.0211 e. The Kier molecular flexibility index (Phi) is 3.89. The molecule has 1 saturated carbocycles. The smallest absolute Gasteiger partial charge is 0.0211 e. The van der Waals surface area contributed by atoms with Crippen LogP contribution in [-0.2, 0) is 6.42 Å². The lowest BCUT2D eigenvalue weighted by atomic mass is 10.1. The molecule has 2 atom stereocenters. The van der Waals surface area contributed by atoms with E-state index < -0.39 is 0 Å². The summed E-state index contributed by atoms with van der Waals surface area (Å²) in [6.45, 7) is 4.57. The zero-order chi connectivity index (χ0) is 14.0. The van der Waals surface area contributed by atoms with E-state index in [-0.39, 0.29) is 0 Å². The molecule has 0 radical (unpaired) electrons. The molecular formula is C19H22S. The highest BCUT2D eigenvalue weighted by atomic mass is 32.2. The molecule has 0 nitrogen and oxygen atoms in total. The highest BCUT2D eigenvalue weighted by molar-refractivity contribution is 8.01. The van der Waals surface area contributed by atoms with Crippen molar-refractivity contribution in [2.45, 2.75) is 42.8 Å². The van der Waals surface area contributed by atoms with Gasteiger partial charge < -0.3 is 0 Å². The summed E-state index contributed by atoms with van der Waals surface area (Å²) in [5, 5.41) is 0. The summed E-state index contributed by atoms with van der Waals surface area (Å²) in [4.78, 5) is 1.42. The predicted molar refractivity (Wildman–Crippen MR) is 88.3 cm³/mol. The van der Waals surface area contributed by atoms with Gasteiger partial charge in [-0.15, -0.1) is 11.8 Å². The van der Waals surface area contributed by atoms with E-state index >= 15 is 0 Å². The van der Waals surface area contributed by atoms with Crippen LogP contribution in [0.2, 0.25) is 0 Å². The van der Waals surface area contributed by atoms with Gasteiger partial charge in [-0.25, -0.2) is 0 Å². The van der Waals surface area contributed by atoms with Gasteiger partial charge in [0.05, 0.1) is 0 Å². The minimum absolute atomic E-state index is 0.462. The Labute approximate surface area is 126 Å². The van der Waals surface area contributed by atoms with Gasteiger partial charge in [-0.3, -0.25) is 0 Å². The lowest BCUT2D eigenvalue weighted by Gasteiger charge is -2.11. The third kappa shape index (κ3) is 3.27. The van der Waals surface area contributed by atoms with Gasteiger partial charge in [0.25, 0.3) is 0 Å². The molecule has 0 aliphatic heterocycles. The molecule has 1 aliphatic carbocycles. The summed E-state index contributed by atoms with van der Waals surface area (Å²) in [6, 6.07) is 19.8. The molecular weight excluding hydrogens is 260 g/mol. The van der Waals surface area contributed by atoms with Gasteiger partial charge in [-0.1, -0.05) is 48.0 Å². The van der Waals surface area contributed by atoms with Crippen molar-refractivity contribution < 1.29 is 0 Å². The van der Waals surface area contributed by atoms with Crippen molar-refractivity contribution in [3.63, 3.8) is 0 Å². The standard InChI is InChI=1S/C19H22S/c1-15-8-12-18(13-9-15)20-19(2)14-17(19)11-10-16-6-4-3-5-7-16/h3-9,12-13,17H,10-11,14H2,1-2H3/t17-,19-/m1/s1. The maximum absolute atomic E-state index is 2.42. The van der Waals surface area contributed by atoms with E-state index in [1.807, 2.05) is 0 Å². The van der Waals surface area contributed by atoms with Crippen LogP contribution >= 0.6 is 11.8 Å². The fourth-order valence-electron chi connectivity index (χ4n) is 2.82. The number of aryl methyl sites for hydroxylation is 2. The molecule has 2 aromatic carbocycles. The van der Waals surface area contributed by atoms with E-state index in [0.717, 1.165) is 5.92 Å². The van der Waals surface area contributed by atoms with Gasteiger partial charge in [0, 0.05) is 9.64 Å². The van der Waals surface area contributed by atoms with Crippen molar-refractivity contribution in [1.82, 2.24) is 0 Å². The predicted octanol–water partition coefficient (Wildman–Crippen LogP) is 5.50. The van der Waals surface area contributed by atoms with Gasteiger partial charge in [-0.05, 0) is 56.7 Å². The van der Waals surface area contributed by atoms with Crippen LogP contribution in [0.5, 0.6) is 0 Å². The summed E-state index contributed by atoms with van der Waals surface area (Å²) in [6.07, 6.45) is 3.90. The minimum atomic E-state index is 0.462. The fraction of sp³-hybridized carbons (Fsp3) is 0.368. The largest absolute Gasteiger partial charge is 0.119 e. The van der Waals surface area contributed by atoms with Crippen molar-refractivity contribution in [2.24, 2.45) is 5.92 Å². The molecule has 3 rings (SSSR count). The average Bonchev–Trinajstić information content (AvgIpc) is 3.11. The molecule has 0 N–H and O–H groups in total. The Hall–Kier alpha value is -1.21. The number of rotatable bonds is 5. The van der Waals surface area contributed by atoms with Gasteiger partial charge in [0.1, 0.15) is 0 Å². The van der Waals surface area contributed by atoms with Gasteiger partial charge in [-0.2, -0.15) is 0 Å². The zero-order valence-electron chi connectivity index (χ0n) is 12.3. The second-order valence-corrected chi connectivity index (χ2v) is 7.76. The first-order valence-electron chi connectivity index (χ1n) is 7.45. The molecule has 0 bridgehead atoms. The first kappa shape index (κ1) is 13.8. The molecule has 2 aromatic rings. The molecule has 0 heterocycles. The molecule has 0 aromatic heterocycles. The molecule has 1 aliphatic rings. The molecule has 0 saturated heterocycles. The third-order valence-corrected chi connectivity index (χ3v) is 5.83. The number of hydrogen-bond acceptors (Lipinski definition) is 1. The van der Waals surface area contributed by atoms with Crippen LogP contribution in [0.15, 0.2) is 59.5 Å². The van der Waals surface area contributed by atoms with Gasteiger partial charge in [0.15, 0.2) is 0 Å². The van der Waals surface area contributed by atoms with E-state index in [2.05, 4.69) is 80.2 Å². The Bertz CT molecular complexity index is 558. The minimum Gasteiger partial charge on any atom is -0.119 e. The van der Waals surface area contributed by atoms with Crippen molar-refractivity contribution >= 4 is 11.8 Å². The summed E-state index contributed by atoms with van der Waals surface area (Å²) in [7, 11) is 0. The van der Waals surface area contributed by atoms with Crippen molar-refractivity contribution in [3.05, 3.63) is 65.7 Å². The normalized spacial score (nSPS) is 24.6. The quantitative estimate of drug-likeness (QED) is 0.698. The first-order chi connectivity index (χ1) is 9.66. The maximum atomic E-state index is 2.42. The second kappa shape index (κ2) is 5.65. The SMILES string of the molecule is Cc1ccc(S[C@]2(C)C[C@H]2CCc2ccccc2)cc1. The van der Waals surface area contributed by atoms with Crippen LogP contribution in [0, 0.1) is 12.8 Å². The Morgan fingerprint density at radius 3 is 2.45 bits per heavy atom. The molecule has 1 fully saturated rings. The summed E-state index contributed by atoms with van der Waals surface area (Å²) in [5.74, 6) is 0.869. The third-order valence-electron chi connectivity index (χ3n) is 4.35. The van der Waals surface area contributed by atoms with E-state index in [1.165, 1.54) is 35.3 Å². The lowest BCUT2D eigenvalue weighted by Crippen LogP contribution is -2.01.